The third-order valence-electron chi connectivity index (χ3n) is 1.73. The van der Waals surface area contributed by atoms with E-state index in [0.717, 1.165) is 12.7 Å². The fraction of sp³-hybridized carbons (Fsp3) is 0.875. The van der Waals surface area contributed by atoms with Crippen molar-refractivity contribution in [2.75, 3.05) is 0 Å². The van der Waals surface area contributed by atoms with Crippen LogP contribution in [0.4, 0.5) is 0 Å². The molecule has 0 bridgehead atoms. The lowest BCUT2D eigenvalue weighted by Crippen LogP contribution is -2.28. The normalized spacial score (nSPS) is 16.9. The van der Waals surface area contributed by atoms with Crippen molar-refractivity contribution in [3.8, 4) is 0 Å². The van der Waals surface area contributed by atoms with Crippen LogP contribution in [0.15, 0.2) is 0 Å². The van der Waals surface area contributed by atoms with Crippen LogP contribution in [0.3, 0.4) is 0 Å². The van der Waals surface area contributed by atoms with Gasteiger partial charge in [-0.05, 0) is 12.3 Å². The Morgan fingerprint density at radius 2 is 1.90 bits per heavy atom. The third kappa shape index (κ3) is 3.62. The zero-order chi connectivity index (χ0) is 8.15. The van der Waals surface area contributed by atoms with Crippen LogP contribution in [-0.4, -0.2) is 12.3 Å². The maximum Gasteiger partial charge on any atom is 0.122 e. The Kier molecular flexibility index (Phi) is 4.28. The molecule has 0 saturated carbocycles. The van der Waals surface area contributed by atoms with Crippen LogP contribution in [-0.2, 0) is 4.79 Å². The van der Waals surface area contributed by atoms with Crippen molar-refractivity contribution in [3.05, 3.63) is 0 Å². The highest BCUT2D eigenvalue weighted by Crippen LogP contribution is 2.08. The average Bonchev–Trinajstić information content (AvgIpc) is 1.87. The standard InChI is InChI=1S/C8H17NO/c1-6(2)8(9)4-7(3)5-10/h5-8H,4,9H2,1-3H3/t7?,8-/m1/s1. The maximum absolute atomic E-state index is 10.2. The van der Waals surface area contributed by atoms with Crippen LogP contribution in [0.5, 0.6) is 0 Å². The molecule has 2 nitrogen and oxygen atoms in total. The monoisotopic (exact) mass is 143 g/mol. The smallest absolute Gasteiger partial charge is 0.122 e. The van der Waals surface area contributed by atoms with Crippen LogP contribution in [0, 0.1) is 11.8 Å². The van der Waals surface area contributed by atoms with Crippen molar-refractivity contribution in [3.63, 3.8) is 0 Å². The highest BCUT2D eigenvalue weighted by molar-refractivity contribution is 5.52. The van der Waals surface area contributed by atoms with Crippen LogP contribution in [0.1, 0.15) is 27.2 Å². The molecule has 2 heteroatoms. The van der Waals surface area contributed by atoms with Crippen LogP contribution in [0.2, 0.25) is 0 Å². The second-order valence-electron chi connectivity index (χ2n) is 3.26. The predicted molar refractivity (Wildman–Crippen MR) is 42.7 cm³/mol. The van der Waals surface area contributed by atoms with Gasteiger partial charge in [-0.15, -0.1) is 0 Å². The summed E-state index contributed by atoms with van der Waals surface area (Å²) in [6, 6.07) is 0.167. The lowest BCUT2D eigenvalue weighted by Gasteiger charge is -2.16. The van der Waals surface area contributed by atoms with E-state index in [1.165, 1.54) is 0 Å². The first kappa shape index (κ1) is 9.63. The molecule has 0 radical (unpaired) electrons. The molecule has 0 aromatic carbocycles. The van der Waals surface area contributed by atoms with Gasteiger partial charge < -0.3 is 10.5 Å². The summed E-state index contributed by atoms with van der Waals surface area (Å²) in [7, 11) is 0. The van der Waals surface area contributed by atoms with E-state index in [1.807, 2.05) is 6.92 Å². The van der Waals surface area contributed by atoms with Gasteiger partial charge in [-0.3, -0.25) is 0 Å². The van der Waals surface area contributed by atoms with Crippen LogP contribution < -0.4 is 5.73 Å². The summed E-state index contributed by atoms with van der Waals surface area (Å²) in [4.78, 5) is 10.2. The van der Waals surface area contributed by atoms with Gasteiger partial charge in [0.15, 0.2) is 0 Å². The Morgan fingerprint density at radius 3 is 2.20 bits per heavy atom. The van der Waals surface area contributed by atoms with Crippen molar-refractivity contribution in [2.45, 2.75) is 33.2 Å². The predicted octanol–water partition coefficient (Wildman–Crippen LogP) is 1.19. The van der Waals surface area contributed by atoms with Crippen LogP contribution in [0.25, 0.3) is 0 Å². The molecule has 0 amide bonds. The van der Waals surface area contributed by atoms with Gasteiger partial charge in [-0.25, -0.2) is 0 Å². The van der Waals surface area contributed by atoms with Gasteiger partial charge in [0.2, 0.25) is 0 Å². The highest BCUT2D eigenvalue weighted by Gasteiger charge is 2.10. The van der Waals surface area contributed by atoms with Crippen molar-refractivity contribution in [1.82, 2.24) is 0 Å². The first-order valence-corrected chi connectivity index (χ1v) is 3.78. The van der Waals surface area contributed by atoms with Gasteiger partial charge in [0.1, 0.15) is 6.29 Å². The summed E-state index contributed by atoms with van der Waals surface area (Å²) in [5.41, 5.74) is 5.73. The van der Waals surface area contributed by atoms with E-state index >= 15 is 0 Å². The molecule has 0 aromatic heterocycles. The molecule has 0 aliphatic heterocycles. The SMILES string of the molecule is CC(C=O)C[C@@H](N)C(C)C. The fourth-order valence-corrected chi connectivity index (χ4v) is 0.757. The van der Waals surface area contributed by atoms with Gasteiger partial charge in [0.25, 0.3) is 0 Å². The molecule has 0 aliphatic rings. The largest absolute Gasteiger partial charge is 0.327 e. The summed E-state index contributed by atoms with van der Waals surface area (Å²) in [6.45, 7) is 6.04. The quantitative estimate of drug-likeness (QED) is 0.601. The highest BCUT2D eigenvalue weighted by atomic mass is 16.1. The lowest BCUT2D eigenvalue weighted by atomic mass is 9.95. The Morgan fingerprint density at radius 1 is 1.40 bits per heavy atom. The van der Waals surface area contributed by atoms with Gasteiger partial charge in [-0.2, -0.15) is 0 Å². The maximum atomic E-state index is 10.2. The van der Waals surface area contributed by atoms with E-state index in [-0.39, 0.29) is 12.0 Å². The second-order valence-corrected chi connectivity index (χ2v) is 3.26. The topological polar surface area (TPSA) is 43.1 Å². The minimum Gasteiger partial charge on any atom is -0.327 e. The summed E-state index contributed by atoms with van der Waals surface area (Å²) in [5, 5.41) is 0. The van der Waals surface area contributed by atoms with E-state index in [1.54, 1.807) is 0 Å². The molecule has 60 valence electrons. The minimum absolute atomic E-state index is 0.109. The van der Waals surface area contributed by atoms with Gasteiger partial charge in [-0.1, -0.05) is 20.8 Å². The van der Waals surface area contributed by atoms with Gasteiger partial charge >= 0.3 is 0 Å². The Hall–Kier alpha value is -0.370. The molecular formula is C8H17NO. The van der Waals surface area contributed by atoms with E-state index in [9.17, 15) is 4.79 Å². The van der Waals surface area contributed by atoms with Crippen molar-refractivity contribution in [2.24, 2.45) is 17.6 Å². The molecule has 0 saturated heterocycles. The van der Waals surface area contributed by atoms with Gasteiger partial charge in [0, 0.05) is 12.0 Å². The summed E-state index contributed by atoms with van der Waals surface area (Å²) >= 11 is 0. The number of hydrogen-bond donors (Lipinski definition) is 1. The number of nitrogens with two attached hydrogens (primary N) is 1. The molecule has 0 rings (SSSR count). The Balaban J connectivity index is 3.56. The van der Waals surface area contributed by atoms with Crippen molar-refractivity contribution < 1.29 is 4.79 Å². The first-order valence-electron chi connectivity index (χ1n) is 3.78. The van der Waals surface area contributed by atoms with Crippen molar-refractivity contribution >= 4 is 6.29 Å². The Labute approximate surface area is 62.8 Å². The summed E-state index contributed by atoms with van der Waals surface area (Å²) in [5.74, 6) is 0.583. The summed E-state index contributed by atoms with van der Waals surface area (Å²) < 4.78 is 0. The molecule has 0 heterocycles. The van der Waals surface area contributed by atoms with Crippen LogP contribution >= 0.6 is 0 Å². The molecule has 0 aliphatic carbocycles. The zero-order valence-electron chi connectivity index (χ0n) is 7.00. The van der Waals surface area contributed by atoms with E-state index in [0.29, 0.717) is 5.92 Å². The number of carbonyl (C=O) groups excluding carboxylic acids is 1. The molecule has 10 heavy (non-hydrogen) atoms. The molecule has 2 atom stereocenters. The molecule has 0 aromatic rings. The van der Waals surface area contributed by atoms with E-state index in [2.05, 4.69) is 13.8 Å². The zero-order valence-corrected chi connectivity index (χ0v) is 7.00. The second kappa shape index (κ2) is 4.45. The average molecular weight is 143 g/mol. The first-order chi connectivity index (χ1) is 4.57. The molecule has 2 N–H and O–H groups in total. The molecule has 0 spiro atoms. The van der Waals surface area contributed by atoms with Crippen molar-refractivity contribution in [1.29, 1.82) is 0 Å². The molecule has 0 fully saturated rings. The van der Waals surface area contributed by atoms with Gasteiger partial charge in [0.05, 0.1) is 0 Å². The molecule has 1 unspecified atom stereocenters. The lowest BCUT2D eigenvalue weighted by molar-refractivity contribution is -0.110. The van der Waals surface area contributed by atoms with E-state index in [4.69, 9.17) is 5.73 Å². The third-order valence-corrected chi connectivity index (χ3v) is 1.73. The summed E-state index contributed by atoms with van der Waals surface area (Å²) in [6.07, 6.45) is 1.77. The number of carbonyl (C=O) groups is 1. The number of rotatable bonds is 4. The Bertz CT molecular complexity index is 101. The fourth-order valence-electron chi connectivity index (χ4n) is 0.757. The number of hydrogen-bond acceptors (Lipinski definition) is 2. The molecular weight excluding hydrogens is 126 g/mol. The minimum atomic E-state index is 0.109. The van der Waals surface area contributed by atoms with E-state index < -0.39 is 0 Å². The number of aldehydes is 1.